The molecule has 4 nitrogen and oxygen atoms in total. The Bertz CT molecular complexity index is 662. The molecule has 0 aliphatic heterocycles. The van der Waals surface area contributed by atoms with Crippen LogP contribution in [0.25, 0.3) is 0 Å². The standard InChI is InChI=1S/C14H12BrFN2O2/c1-9-2-3-11(16)6-10(9)8-17-12-4-5-13(15)14(7-12)18(19)20/h2-7,17H,8H2,1H3. The Morgan fingerprint density at radius 1 is 1.30 bits per heavy atom. The normalized spacial score (nSPS) is 10.3. The Balaban J connectivity index is 2.17. The fourth-order valence-corrected chi connectivity index (χ4v) is 2.18. The van der Waals surface area contributed by atoms with Gasteiger partial charge in [0, 0.05) is 18.3 Å². The average molecular weight is 339 g/mol. The van der Waals surface area contributed by atoms with Crippen molar-refractivity contribution in [3.63, 3.8) is 0 Å². The van der Waals surface area contributed by atoms with Gasteiger partial charge >= 0.3 is 0 Å². The monoisotopic (exact) mass is 338 g/mol. The van der Waals surface area contributed by atoms with Crippen LogP contribution in [-0.4, -0.2) is 4.92 Å². The maximum atomic E-state index is 13.2. The summed E-state index contributed by atoms with van der Waals surface area (Å²) in [5.41, 5.74) is 2.38. The van der Waals surface area contributed by atoms with Crippen molar-refractivity contribution < 1.29 is 9.31 Å². The molecule has 0 aliphatic carbocycles. The number of benzene rings is 2. The largest absolute Gasteiger partial charge is 0.381 e. The first-order valence-corrected chi connectivity index (χ1v) is 6.69. The minimum atomic E-state index is -0.456. The van der Waals surface area contributed by atoms with Crippen LogP contribution in [0.5, 0.6) is 0 Å². The predicted molar refractivity (Wildman–Crippen MR) is 79.3 cm³/mol. The summed E-state index contributed by atoms with van der Waals surface area (Å²) in [5, 5.41) is 13.9. The molecule has 2 aromatic carbocycles. The van der Waals surface area contributed by atoms with Crippen LogP contribution < -0.4 is 5.32 Å². The third kappa shape index (κ3) is 3.33. The molecule has 0 saturated heterocycles. The highest BCUT2D eigenvalue weighted by Crippen LogP contribution is 2.28. The van der Waals surface area contributed by atoms with Crippen molar-refractivity contribution in [1.29, 1.82) is 0 Å². The van der Waals surface area contributed by atoms with Gasteiger partial charge in [-0.15, -0.1) is 0 Å². The lowest BCUT2D eigenvalue weighted by atomic mass is 10.1. The quantitative estimate of drug-likeness (QED) is 0.663. The predicted octanol–water partition coefficient (Wildman–Crippen LogP) is 4.42. The van der Waals surface area contributed by atoms with E-state index in [4.69, 9.17) is 0 Å². The Labute approximate surface area is 123 Å². The van der Waals surface area contributed by atoms with Gasteiger partial charge in [-0.2, -0.15) is 0 Å². The van der Waals surface area contributed by atoms with E-state index in [0.717, 1.165) is 11.1 Å². The third-order valence-electron chi connectivity index (χ3n) is 2.94. The number of nitrogens with zero attached hydrogens (tertiary/aromatic N) is 1. The van der Waals surface area contributed by atoms with Gasteiger partial charge in [0.15, 0.2) is 0 Å². The summed E-state index contributed by atoms with van der Waals surface area (Å²) in [5.74, 6) is -0.297. The number of nitro benzene ring substituents is 1. The smallest absolute Gasteiger partial charge is 0.285 e. The number of aryl methyl sites for hydroxylation is 1. The molecule has 0 fully saturated rings. The van der Waals surface area contributed by atoms with Gasteiger partial charge in [0.05, 0.1) is 9.40 Å². The second kappa shape index (κ2) is 6.00. The van der Waals surface area contributed by atoms with E-state index in [9.17, 15) is 14.5 Å². The minimum absolute atomic E-state index is 0.00837. The van der Waals surface area contributed by atoms with Crippen molar-refractivity contribution in [3.8, 4) is 0 Å². The van der Waals surface area contributed by atoms with Crippen LogP contribution in [-0.2, 0) is 6.54 Å². The van der Waals surface area contributed by atoms with Crippen molar-refractivity contribution >= 4 is 27.3 Å². The van der Waals surface area contributed by atoms with E-state index in [2.05, 4.69) is 21.2 Å². The zero-order valence-corrected chi connectivity index (χ0v) is 12.3. The van der Waals surface area contributed by atoms with Crippen LogP contribution in [0, 0.1) is 22.9 Å². The lowest BCUT2D eigenvalue weighted by molar-refractivity contribution is -0.385. The molecule has 0 unspecified atom stereocenters. The van der Waals surface area contributed by atoms with Crippen molar-refractivity contribution in [2.45, 2.75) is 13.5 Å². The molecular formula is C14H12BrFN2O2. The van der Waals surface area contributed by atoms with Crippen LogP contribution in [0.15, 0.2) is 40.9 Å². The van der Waals surface area contributed by atoms with Gasteiger partial charge in [-0.3, -0.25) is 10.1 Å². The molecule has 0 heterocycles. The lowest BCUT2D eigenvalue weighted by Crippen LogP contribution is -2.02. The second-order valence-corrected chi connectivity index (χ2v) is 5.20. The molecule has 2 aromatic rings. The molecule has 20 heavy (non-hydrogen) atoms. The maximum Gasteiger partial charge on any atom is 0.285 e. The summed E-state index contributed by atoms with van der Waals surface area (Å²) in [6.07, 6.45) is 0. The first-order valence-electron chi connectivity index (χ1n) is 5.90. The maximum absolute atomic E-state index is 13.2. The highest BCUT2D eigenvalue weighted by molar-refractivity contribution is 9.10. The fraction of sp³-hybridized carbons (Fsp3) is 0.143. The highest BCUT2D eigenvalue weighted by atomic mass is 79.9. The highest BCUT2D eigenvalue weighted by Gasteiger charge is 2.12. The van der Waals surface area contributed by atoms with Crippen molar-refractivity contribution in [2.24, 2.45) is 0 Å². The van der Waals surface area contributed by atoms with Gasteiger partial charge < -0.3 is 5.32 Å². The first kappa shape index (κ1) is 14.5. The Morgan fingerprint density at radius 2 is 2.05 bits per heavy atom. The van der Waals surface area contributed by atoms with Crippen LogP contribution >= 0.6 is 15.9 Å². The zero-order valence-electron chi connectivity index (χ0n) is 10.7. The summed E-state index contributed by atoms with van der Waals surface area (Å²) in [7, 11) is 0. The van der Waals surface area contributed by atoms with Crippen LogP contribution in [0.4, 0.5) is 15.8 Å². The van der Waals surface area contributed by atoms with E-state index in [0.29, 0.717) is 16.7 Å². The van der Waals surface area contributed by atoms with Crippen molar-refractivity contribution in [1.82, 2.24) is 0 Å². The summed E-state index contributed by atoms with van der Waals surface area (Å²) in [6, 6.07) is 9.35. The van der Waals surface area contributed by atoms with Crippen molar-refractivity contribution in [3.05, 3.63) is 67.9 Å². The summed E-state index contributed by atoms with van der Waals surface area (Å²) >= 11 is 3.13. The topological polar surface area (TPSA) is 55.2 Å². The summed E-state index contributed by atoms with van der Waals surface area (Å²) in [4.78, 5) is 10.4. The SMILES string of the molecule is Cc1ccc(F)cc1CNc1ccc(Br)c([N+](=O)[O-])c1. The number of hydrogen-bond acceptors (Lipinski definition) is 3. The molecule has 104 valence electrons. The van der Waals surface area contributed by atoms with Gasteiger partial charge in [-0.05, 0) is 58.2 Å². The molecular weight excluding hydrogens is 327 g/mol. The number of nitrogens with one attached hydrogen (secondary N) is 1. The molecule has 1 N–H and O–H groups in total. The molecule has 0 aromatic heterocycles. The number of halogens is 2. The molecule has 0 radical (unpaired) electrons. The lowest BCUT2D eigenvalue weighted by Gasteiger charge is -2.09. The third-order valence-corrected chi connectivity index (χ3v) is 3.61. The number of anilines is 1. The molecule has 0 saturated carbocycles. The van der Waals surface area contributed by atoms with E-state index in [1.54, 1.807) is 18.2 Å². The van der Waals surface area contributed by atoms with Gasteiger partial charge in [-0.25, -0.2) is 4.39 Å². The summed E-state index contributed by atoms with van der Waals surface area (Å²) in [6.45, 7) is 2.29. The van der Waals surface area contributed by atoms with Crippen LogP contribution in [0.1, 0.15) is 11.1 Å². The molecule has 2 rings (SSSR count). The van der Waals surface area contributed by atoms with Gasteiger partial charge in [0.2, 0.25) is 0 Å². The second-order valence-electron chi connectivity index (χ2n) is 4.35. The van der Waals surface area contributed by atoms with Crippen molar-refractivity contribution in [2.75, 3.05) is 5.32 Å². The van der Waals surface area contributed by atoms with Gasteiger partial charge in [0.1, 0.15) is 5.82 Å². The molecule has 0 atom stereocenters. The zero-order chi connectivity index (χ0) is 14.7. The van der Waals surface area contributed by atoms with E-state index in [1.165, 1.54) is 18.2 Å². The van der Waals surface area contributed by atoms with Crippen LogP contribution in [0.2, 0.25) is 0 Å². The van der Waals surface area contributed by atoms with Gasteiger partial charge in [0.25, 0.3) is 5.69 Å². The Hall–Kier alpha value is -1.95. The minimum Gasteiger partial charge on any atom is -0.381 e. The van der Waals surface area contributed by atoms with E-state index >= 15 is 0 Å². The Morgan fingerprint density at radius 3 is 2.75 bits per heavy atom. The van der Waals surface area contributed by atoms with E-state index in [1.807, 2.05) is 6.92 Å². The number of hydrogen-bond donors (Lipinski definition) is 1. The Kier molecular flexibility index (Phi) is 4.34. The van der Waals surface area contributed by atoms with Crippen LogP contribution in [0.3, 0.4) is 0 Å². The molecule has 0 spiro atoms. The molecule has 0 amide bonds. The number of nitro groups is 1. The number of rotatable bonds is 4. The van der Waals surface area contributed by atoms with Gasteiger partial charge in [-0.1, -0.05) is 6.07 Å². The summed E-state index contributed by atoms with van der Waals surface area (Å²) < 4.78 is 13.6. The molecule has 0 aliphatic rings. The average Bonchev–Trinajstić information content (AvgIpc) is 2.41. The molecule has 0 bridgehead atoms. The van der Waals surface area contributed by atoms with E-state index < -0.39 is 4.92 Å². The molecule has 6 heteroatoms. The fourth-order valence-electron chi connectivity index (χ4n) is 1.79. The van der Waals surface area contributed by atoms with E-state index in [-0.39, 0.29) is 11.5 Å². The first-order chi connectivity index (χ1) is 9.47.